The van der Waals surface area contributed by atoms with Gasteiger partial charge in [0.15, 0.2) is 0 Å². The number of aryl methyl sites for hydroxylation is 3. The van der Waals surface area contributed by atoms with Crippen molar-refractivity contribution >= 4 is 17.4 Å². The number of anilines is 2. The molecule has 0 bridgehead atoms. The number of amides is 1. The lowest BCUT2D eigenvalue weighted by Crippen LogP contribution is -2.24. The predicted octanol–water partition coefficient (Wildman–Crippen LogP) is 4.33. The van der Waals surface area contributed by atoms with Crippen molar-refractivity contribution in [3.8, 4) is 0 Å². The third-order valence-electron chi connectivity index (χ3n) is 4.41. The molecule has 0 aliphatic carbocycles. The molecule has 1 aromatic heterocycles. The van der Waals surface area contributed by atoms with Gasteiger partial charge in [0.1, 0.15) is 17.3 Å². The molecule has 0 unspecified atom stereocenters. The number of aromatic nitrogens is 2. The Hall–Kier alpha value is -3.21. The van der Waals surface area contributed by atoms with Crippen LogP contribution in [0.1, 0.15) is 39.9 Å². The lowest BCUT2D eigenvalue weighted by Gasteiger charge is -2.10. The summed E-state index contributed by atoms with van der Waals surface area (Å²) in [6, 6.07) is 17.8. The van der Waals surface area contributed by atoms with Crippen LogP contribution in [0.4, 0.5) is 11.5 Å². The van der Waals surface area contributed by atoms with Crippen LogP contribution in [0.15, 0.2) is 54.6 Å². The minimum Gasteiger partial charge on any atom is -0.347 e. The topological polar surface area (TPSA) is 66.9 Å². The zero-order chi connectivity index (χ0) is 19.2. The van der Waals surface area contributed by atoms with Crippen LogP contribution in [0.25, 0.3) is 0 Å². The van der Waals surface area contributed by atoms with E-state index in [9.17, 15) is 4.79 Å². The van der Waals surface area contributed by atoms with Gasteiger partial charge >= 0.3 is 0 Å². The Balaban J connectivity index is 1.72. The van der Waals surface area contributed by atoms with Gasteiger partial charge in [0.25, 0.3) is 5.91 Å². The number of nitrogens with zero attached hydrogens (tertiary/aromatic N) is 2. The first-order chi connectivity index (χ1) is 13.0. The SMILES string of the molecule is CCc1ccc(Nc2cc(C(=O)NCc3ccccc3C)nc(C)n2)cc1. The molecule has 0 radical (unpaired) electrons. The number of carbonyl (C=O) groups is 1. The summed E-state index contributed by atoms with van der Waals surface area (Å²) in [5, 5.41) is 6.18. The third kappa shape index (κ3) is 4.91. The van der Waals surface area contributed by atoms with E-state index in [1.54, 1.807) is 13.0 Å². The van der Waals surface area contributed by atoms with Crippen molar-refractivity contribution in [3.63, 3.8) is 0 Å². The van der Waals surface area contributed by atoms with E-state index in [4.69, 9.17) is 0 Å². The predicted molar refractivity (Wildman–Crippen MR) is 108 cm³/mol. The molecule has 3 aromatic rings. The molecular weight excluding hydrogens is 336 g/mol. The van der Waals surface area contributed by atoms with Crippen molar-refractivity contribution in [1.29, 1.82) is 0 Å². The van der Waals surface area contributed by atoms with Crippen molar-refractivity contribution < 1.29 is 4.79 Å². The minimum absolute atomic E-state index is 0.215. The van der Waals surface area contributed by atoms with Gasteiger partial charge in [0, 0.05) is 18.3 Å². The summed E-state index contributed by atoms with van der Waals surface area (Å²) in [6.07, 6.45) is 0.998. The Morgan fingerprint density at radius 1 is 1.00 bits per heavy atom. The molecule has 1 amide bonds. The van der Waals surface area contributed by atoms with Gasteiger partial charge in [-0.1, -0.05) is 43.3 Å². The van der Waals surface area contributed by atoms with Crippen LogP contribution >= 0.6 is 0 Å². The molecule has 3 rings (SSSR count). The highest BCUT2D eigenvalue weighted by Crippen LogP contribution is 2.17. The maximum atomic E-state index is 12.5. The van der Waals surface area contributed by atoms with E-state index in [0.29, 0.717) is 23.9 Å². The number of hydrogen-bond acceptors (Lipinski definition) is 4. The quantitative estimate of drug-likeness (QED) is 0.687. The second kappa shape index (κ2) is 8.45. The van der Waals surface area contributed by atoms with E-state index >= 15 is 0 Å². The molecule has 0 aliphatic rings. The maximum absolute atomic E-state index is 12.5. The van der Waals surface area contributed by atoms with Crippen LogP contribution in [0.5, 0.6) is 0 Å². The number of hydrogen-bond donors (Lipinski definition) is 2. The van der Waals surface area contributed by atoms with E-state index in [-0.39, 0.29) is 5.91 Å². The standard InChI is InChI=1S/C22H24N4O/c1-4-17-9-11-19(12-10-17)26-21-13-20(24-16(3)25-21)22(27)23-14-18-8-6-5-7-15(18)2/h5-13H,4,14H2,1-3H3,(H,23,27)(H,24,25,26). The fraction of sp³-hybridized carbons (Fsp3) is 0.227. The first-order valence-electron chi connectivity index (χ1n) is 9.09. The maximum Gasteiger partial charge on any atom is 0.270 e. The monoisotopic (exact) mass is 360 g/mol. The second-order valence-corrected chi connectivity index (χ2v) is 6.47. The average molecular weight is 360 g/mol. The number of benzene rings is 2. The Labute approximate surface area is 159 Å². The van der Waals surface area contributed by atoms with Gasteiger partial charge in [0.2, 0.25) is 0 Å². The Morgan fingerprint density at radius 2 is 1.74 bits per heavy atom. The van der Waals surface area contributed by atoms with Crippen molar-refractivity contribution in [3.05, 3.63) is 82.8 Å². The molecule has 0 atom stereocenters. The molecule has 0 spiro atoms. The highest BCUT2D eigenvalue weighted by molar-refractivity contribution is 5.93. The van der Waals surface area contributed by atoms with Crippen molar-refractivity contribution in [1.82, 2.24) is 15.3 Å². The normalized spacial score (nSPS) is 10.5. The van der Waals surface area contributed by atoms with E-state index < -0.39 is 0 Å². The van der Waals surface area contributed by atoms with Crippen molar-refractivity contribution in [2.75, 3.05) is 5.32 Å². The van der Waals surface area contributed by atoms with Crippen LogP contribution in [0.2, 0.25) is 0 Å². The van der Waals surface area contributed by atoms with Gasteiger partial charge in [-0.2, -0.15) is 0 Å². The molecule has 0 aliphatic heterocycles. The lowest BCUT2D eigenvalue weighted by atomic mass is 10.1. The average Bonchev–Trinajstić information content (AvgIpc) is 2.67. The second-order valence-electron chi connectivity index (χ2n) is 6.47. The minimum atomic E-state index is -0.215. The van der Waals surface area contributed by atoms with Crippen LogP contribution in [-0.4, -0.2) is 15.9 Å². The summed E-state index contributed by atoms with van der Waals surface area (Å²) in [5.74, 6) is 0.937. The van der Waals surface area contributed by atoms with Crippen LogP contribution in [0, 0.1) is 13.8 Å². The summed E-state index contributed by atoms with van der Waals surface area (Å²) in [6.45, 7) is 6.40. The van der Waals surface area contributed by atoms with Gasteiger partial charge in [-0.15, -0.1) is 0 Å². The zero-order valence-corrected chi connectivity index (χ0v) is 15.9. The molecule has 0 saturated carbocycles. The summed E-state index contributed by atoms with van der Waals surface area (Å²) >= 11 is 0. The summed E-state index contributed by atoms with van der Waals surface area (Å²) in [4.78, 5) is 21.2. The molecule has 1 heterocycles. The highest BCUT2D eigenvalue weighted by atomic mass is 16.1. The van der Waals surface area contributed by atoms with Crippen LogP contribution in [-0.2, 0) is 13.0 Å². The third-order valence-corrected chi connectivity index (χ3v) is 4.41. The molecule has 138 valence electrons. The smallest absolute Gasteiger partial charge is 0.270 e. The fourth-order valence-corrected chi connectivity index (χ4v) is 2.79. The molecule has 2 N–H and O–H groups in total. The van der Waals surface area contributed by atoms with Gasteiger partial charge < -0.3 is 10.6 Å². The first-order valence-corrected chi connectivity index (χ1v) is 9.09. The number of rotatable bonds is 6. The Kier molecular flexibility index (Phi) is 5.81. The van der Waals surface area contributed by atoms with Crippen LogP contribution in [0.3, 0.4) is 0 Å². The van der Waals surface area contributed by atoms with Gasteiger partial charge in [-0.3, -0.25) is 4.79 Å². The Morgan fingerprint density at radius 3 is 2.44 bits per heavy atom. The van der Waals surface area contributed by atoms with E-state index in [1.807, 2.05) is 43.3 Å². The molecule has 5 nitrogen and oxygen atoms in total. The van der Waals surface area contributed by atoms with Crippen molar-refractivity contribution in [2.45, 2.75) is 33.7 Å². The number of nitrogens with one attached hydrogen (secondary N) is 2. The van der Waals surface area contributed by atoms with Gasteiger partial charge in [0.05, 0.1) is 0 Å². The zero-order valence-electron chi connectivity index (χ0n) is 15.9. The summed E-state index contributed by atoms with van der Waals surface area (Å²) in [5.41, 5.74) is 4.79. The molecule has 27 heavy (non-hydrogen) atoms. The molecule has 0 saturated heterocycles. The van der Waals surface area contributed by atoms with Crippen LogP contribution < -0.4 is 10.6 Å². The van der Waals surface area contributed by atoms with Gasteiger partial charge in [-0.25, -0.2) is 9.97 Å². The summed E-state index contributed by atoms with van der Waals surface area (Å²) < 4.78 is 0. The van der Waals surface area contributed by atoms with E-state index in [2.05, 4.69) is 39.7 Å². The Bertz CT molecular complexity index is 935. The molecule has 0 fully saturated rings. The van der Waals surface area contributed by atoms with Gasteiger partial charge in [-0.05, 0) is 49.1 Å². The number of carbonyl (C=O) groups excluding carboxylic acids is 1. The molecule has 2 aromatic carbocycles. The fourth-order valence-electron chi connectivity index (χ4n) is 2.79. The lowest BCUT2D eigenvalue weighted by molar-refractivity contribution is 0.0945. The molecule has 5 heteroatoms. The largest absolute Gasteiger partial charge is 0.347 e. The van der Waals surface area contributed by atoms with Crippen molar-refractivity contribution in [2.24, 2.45) is 0 Å². The van der Waals surface area contributed by atoms with E-state index in [0.717, 1.165) is 23.2 Å². The summed E-state index contributed by atoms with van der Waals surface area (Å²) in [7, 11) is 0. The highest BCUT2D eigenvalue weighted by Gasteiger charge is 2.11. The van der Waals surface area contributed by atoms with E-state index in [1.165, 1.54) is 5.56 Å². The first kappa shape index (κ1) is 18.6. The molecular formula is C22H24N4O.